The van der Waals surface area contributed by atoms with Gasteiger partial charge in [-0.3, -0.25) is 0 Å². The molecule has 1 rings (SSSR count). The van der Waals surface area contributed by atoms with Crippen LogP contribution in [-0.4, -0.2) is 17.4 Å². The summed E-state index contributed by atoms with van der Waals surface area (Å²) in [5.74, 6) is 1.07. The molecule has 0 spiro atoms. The largest absolute Gasteiger partial charge is 0.416 e. The molecule has 0 saturated carbocycles. The first kappa shape index (κ1) is 14.1. The maximum absolute atomic E-state index is 12.4. The Morgan fingerprint density at radius 1 is 1.47 bits per heavy atom. The number of halogens is 4. The molecule has 0 fully saturated rings. The standard InChI is InChI=1S/C11H14ClF3N2/c1-8(2-4-12)7-17-10-6-9(3-5-16-10)11(13,14)15/h3,5-6,8H,2,4,7H2,1H3,(H,16,17). The Kier molecular flexibility index (Phi) is 5.05. The van der Waals surface area contributed by atoms with Crippen molar-refractivity contribution in [3.05, 3.63) is 23.9 Å². The molecular weight excluding hydrogens is 253 g/mol. The van der Waals surface area contributed by atoms with Gasteiger partial charge in [0.15, 0.2) is 0 Å². The lowest BCUT2D eigenvalue weighted by Crippen LogP contribution is -2.13. The van der Waals surface area contributed by atoms with E-state index in [1.54, 1.807) is 0 Å². The summed E-state index contributed by atoms with van der Waals surface area (Å²) in [6.07, 6.45) is -2.37. The lowest BCUT2D eigenvalue weighted by atomic mass is 10.1. The van der Waals surface area contributed by atoms with Crippen molar-refractivity contribution in [3.8, 4) is 0 Å². The molecule has 0 aliphatic rings. The quantitative estimate of drug-likeness (QED) is 0.821. The second-order valence-electron chi connectivity index (χ2n) is 3.89. The summed E-state index contributed by atoms with van der Waals surface area (Å²) in [6.45, 7) is 2.53. The highest BCUT2D eigenvalue weighted by Gasteiger charge is 2.30. The second-order valence-corrected chi connectivity index (χ2v) is 4.27. The minimum absolute atomic E-state index is 0.237. The maximum atomic E-state index is 12.4. The van der Waals surface area contributed by atoms with Crippen molar-refractivity contribution >= 4 is 17.4 Å². The number of hydrogen-bond donors (Lipinski definition) is 1. The third kappa shape index (κ3) is 4.81. The Morgan fingerprint density at radius 2 is 2.18 bits per heavy atom. The van der Waals surface area contributed by atoms with Gasteiger partial charge < -0.3 is 5.32 Å². The fourth-order valence-corrected chi connectivity index (χ4v) is 1.64. The fraction of sp³-hybridized carbons (Fsp3) is 0.545. The molecule has 96 valence electrons. The molecule has 0 aromatic carbocycles. The van der Waals surface area contributed by atoms with E-state index in [2.05, 4.69) is 10.3 Å². The second kappa shape index (κ2) is 6.10. The fourth-order valence-electron chi connectivity index (χ4n) is 1.27. The average Bonchev–Trinajstić information content (AvgIpc) is 2.26. The van der Waals surface area contributed by atoms with Gasteiger partial charge in [-0.05, 0) is 24.5 Å². The normalized spacial score (nSPS) is 13.5. The molecule has 0 saturated heterocycles. The number of alkyl halides is 4. The van der Waals surface area contributed by atoms with Crippen LogP contribution in [0.4, 0.5) is 19.0 Å². The molecule has 6 heteroatoms. The van der Waals surface area contributed by atoms with E-state index in [9.17, 15) is 13.2 Å². The molecule has 0 bridgehead atoms. The van der Waals surface area contributed by atoms with Crippen LogP contribution in [0.5, 0.6) is 0 Å². The topological polar surface area (TPSA) is 24.9 Å². The van der Waals surface area contributed by atoms with Gasteiger partial charge in [0, 0.05) is 18.6 Å². The predicted molar refractivity (Wildman–Crippen MR) is 62.2 cm³/mol. The predicted octanol–water partition coefficient (Wildman–Crippen LogP) is 3.78. The molecule has 1 unspecified atom stereocenters. The smallest absolute Gasteiger partial charge is 0.370 e. The molecule has 0 amide bonds. The molecular formula is C11H14ClF3N2. The van der Waals surface area contributed by atoms with Crippen molar-refractivity contribution in [1.29, 1.82) is 0 Å². The summed E-state index contributed by atoms with van der Waals surface area (Å²) in [5.41, 5.74) is -0.694. The van der Waals surface area contributed by atoms with E-state index in [-0.39, 0.29) is 5.82 Å². The number of anilines is 1. The molecule has 2 nitrogen and oxygen atoms in total. The van der Waals surface area contributed by atoms with Crippen molar-refractivity contribution in [2.75, 3.05) is 17.7 Å². The van der Waals surface area contributed by atoms with Gasteiger partial charge in [-0.25, -0.2) is 4.98 Å². The minimum Gasteiger partial charge on any atom is -0.370 e. The Hall–Kier alpha value is -0.970. The number of aromatic nitrogens is 1. The van der Waals surface area contributed by atoms with Crippen LogP contribution in [0, 0.1) is 5.92 Å². The zero-order valence-electron chi connectivity index (χ0n) is 9.39. The van der Waals surface area contributed by atoms with Gasteiger partial charge in [0.2, 0.25) is 0 Å². The minimum atomic E-state index is -4.33. The van der Waals surface area contributed by atoms with Crippen LogP contribution in [0.1, 0.15) is 18.9 Å². The van der Waals surface area contributed by atoms with E-state index in [0.717, 1.165) is 24.8 Å². The van der Waals surface area contributed by atoms with Gasteiger partial charge in [0.25, 0.3) is 0 Å². The molecule has 1 aromatic heterocycles. The molecule has 1 N–H and O–H groups in total. The number of rotatable bonds is 5. The molecule has 1 atom stereocenters. The third-order valence-corrected chi connectivity index (χ3v) is 2.54. The summed E-state index contributed by atoms with van der Waals surface area (Å²) in [7, 11) is 0. The van der Waals surface area contributed by atoms with E-state index in [1.807, 2.05) is 6.92 Å². The highest BCUT2D eigenvalue weighted by Crippen LogP contribution is 2.29. The van der Waals surface area contributed by atoms with Crippen LogP contribution in [0.15, 0.2) is 18.3 Å². The number of nitrogens with one attached hydrogen (secondary N) is 1. The van der Waals surface area contributed by atoms with Crippen LogP contribution in [0.25, 0.3) is 0 Å². The van der Waals surface area contributed by atoms with Crippen LogP contribution in [-0.2, 0) is 6.18 Å². The van der Waals surface area contributed by atoms with Crippen molar-refractivity contribution in [2.45, 2.75) is 19.5 Å². The number of pyridine rings is 1. The first-order chi connectivity index (χ1) is 7.93. The Morgan fingerprint density at radius 3 is 2.76 bits per heavy atom. The highest BCUT2D eigenvalue weighted by atomic mass is 35.5. The molecule has 1 aromatic rings. The lowest BCUT2D eigenvalue weighted by Gasteiger charge is -2.13. The summed E-state index contributed by atoms with van der Waals surface area (Å²) < 4.78 is 37.2. The number of hydrogen-bond acceptors (Lipinski definition) is 2. The van der Waals surface area contributed by atoms with Gasteiger partial charge in [-0.2, -0.15) is 13.2 Å². The van der Waals surface area contributed by atoms with Crippen LogP contribution in [0.2, 0.25) is 0 Å². The Balaban J connectivity index is 2.60. The van der Waals surface area contributed by atoms with E-state index < -0.39 is 11.7 Å². The molecule has 1 heterocycles. The van der Waals surface area contributed by atoms with Gasteiger partial charge in [0.1, 0.15) is 5.82 Å². The molecule has 17 heavy (non-hydrogen) atoms. The molecule has 0 aliphatic heterocycles. The van der Waals surface area contributed by atoms with Gasteiger partial charge >= 0.3 is 6.18 Å². The van der Waals surface area contributed by atoms with Crippen molar-refractivity contribution < 1.29 is 13.2 Å². The van der Waals surface area contributed by atoms with Crippen molar-refractivity contribution in [1.82, 2.24) is 4.98 Å². The van der Waals surface area contributed by atoms with E-state index in [4.69, 9.17) is 11.6 Å². The van der Waals surface area contributed by atoms with Gasteiger partial charge in [0.05, 0.1) is 5.56 Å². The number of nitrogens with zero attached hydrogens (tertiary/aromatic N) is 1. The summed E-state index contributed by atoms with van der Waals surface area (Å²) in [6, 6.07) is 1.96. The van der Waals surface area contributed by atoms with E-state index in [1.165, 1.54) is 0 Å². The summed E-state index contributed by atoms with van der Waals surface area (Å²) in [4.78, 5) is 3.84. The lowest BCUT2D eigenvalue weighted by molar-refractivity contribution is -0.137. The maximum Gasteiger partial charge on any atom is 0.416 e. The van der Waals surface area contributed by atoms with Gasteiger partial charge in [-0.15, -0.1) is 11.6 Å². The zero-order valence-corrected chi connectivity index (χ0v) is 10.1. The molecule has 0 radical (unpaired) electrons. The first-order valence-corrected chi connectivity index (χ1v) is 5.80. The summed E-state index contributed by atoms with van der Waals surface area (Å²) in [5, 5.41) is 2.87. The van der Waals surface area contributed by atoms with Crippen LogP contribution >= 0.6 is 11.6 Å². The molecule has 0 aliphatic carbocycles. The zero-order chi connectivity index (χ0) is 12.9. The highest BCUT2D eigenvalue weighted by molar-refractivity contribution is 6.17. The monoisotopic (exact) mass is 266 g/mol. The summed E-state index contributed by atoms with van der Waals surface area (Å²) >= 11 is 5.57. The third-order valence-electron chi connectivity index (χ3n) is 2.32. The average molecular weight is 267 g/mol. The van der Waals surface area contributed by atoms with Crippen LogP contribution in [0.3, 0.4) is 0 Å². The van der Waals surface area contributed by atoms with Gasteiger partial charge in [-0.1, -0.05) is 6.92 Å². The van der Waals surface area contributed by atoms with Crippen LogP contribution < -0.4 is 5.32 Å². The van der Waals surface area contributed by atoms with E-state index >= 15 is 0 Å². The Labute approximate surface area is 103 Å². The van der Waals surface area contributed by atoms with Crippen molar-refractivity contribution in [3.63, 3.8) is 0 Å². The van der Waals surface area contributed by atoms with E-state index in [0.29, 0.717) is 18.3 Å². The SMILES string of the molecule is CC(CCCl)CNc1cc(C(F)(F)F)ccn1. The van der Waals surface area contributed by atoms with Crippen molar-refractivity contribution in [2.24, 2.45) is 5.92 Å². The Bertz CT molecular complexity index is 355. The first-order valence-electron chi connectivity index (χ1n) is 5.26.